The molecule has 0 fully saturated rings. The van der Waals surface area contributed by atoms with E-state index in [4.69, 9.17) is 4.99 Å². The Morgan fingerprint density at radius 1 is 0.686 bits per heavy atom. The van der Waals surface area contributed by atoms with Crippen molar-refractivity contribution in [3.8, 4) is 5.69 Å². The highest BCUT2D eigenvalue weighted by atomic mass is 32.1. The molecule has 8 rings (SSSR count). The van der Waals surface area contributed by atoms with E-state index in [0.29, 0.717) is 5.92 Å². The lowest BCUT2D eigenvalue weighted by Gasteiger charge is -2.09. The largest absolute Gasteiger partial charge is 0.309 e. The molecule has 1 aliphatic carbocycles. The van der Waals surface area contributed by atoms with E-state index < -0.39 is 0 Å². The quantitative estimate of drug-likeness (QED) is 0.244. The van der Waals surface area contributed by atoms with Crippen LogP contribution in [0.5, 0.6) is 0 Å². The first kappa shape index (κ1) is 19.1. The molecule has 0 saturated carbocycles. The Labute approximate surface area is 206 Å². The third-order valence-corrected chi connectivity index (χ3v) is 8.36. The van der Waals surface area contributed by atoms with Crippen molar-refractivity contribution in [1.82, 2.24) is 4.57 Å². The molecule has 164 valence electrons. The Hall–Kier alpha value is -4.21. The zero-order valence-corrected chi connectivity index (χ0v) is 19.7. The first-order chi connectivity index (χ1) is 17.3. The number of thiophene rings is 1. The Kier molecular flexibility index (Phi) is 3.91. The van der Waals surface area contributed by atoms with Crippen LogP contribution in [-0.2, 0) is 0 Å². The SMILES string of the molecule is C1=CC2=NC(c3ccc(-n4c5ccccc5c5c6c(ccc54)sc4ccccc46)cc3)=CC2C=C1. The van der Waals surface area contributed by atoms with Crippen molar-refractivity contribution in [3.63, 3.8) is 0 Å². The molecule has 0 radical (unpaired) electrons. The van der Waals surface area contributed by atoms with Gasteiger partial charge in [0.2, 0.25) is 0 Å². The van der Waals surface area contributed by atoms with Crippen LogP contribution in [0.3, 0.4) is 0 Å². The van der Waals surface area contributed by atoms with Gasteiger partial charge in [-0.3, -0.25) is 4.99 Å². The van der Waals surface area contributed by atoms with Crippen LogP contribution in [0.1, 0.15) is 5.56 Å². The van der Waals surface area contributed by atoms with E-state index in [2.05, 4.69) is 120 Å². The van der Waals surface area contributed by atoms with E-state index in [0.717, 1.165) is 17.0 Å². The van der Waals surface area contributed by atoms with Gasteiger partial charge < -0.3 is 4.57 Å². The van der Waals surface area contributed by atoms with Gasteiger partial charge in [0.1, 0.15) is 0 Å². The molecule has 1 aliphatic heterocycles. The van der Waals surface area contributed by atoms with Gasteiger partial charge in [0, 0.05) is 42.6 Å². The van der Waals surface area contributed by atoms with Gasteiger partial charge in [-0.25, -0.2) is 0 Å². The Morgan fingerprint density at radius 3 is 2.40 bits per heavy atom. The van der Waals surface area contributed by atoms with Gasteiger partial charge in [0.25, 0.3) is 0 Å². The van der Waals surface area contributed by atoms with Gasteiger partial charge in [-0.05, 0) is 54.1 Å². The molecule has 2 aliphatic rings. The summed E-state index contributed by atoms with van der Waals surface area (Å²) < 4.78 is 5.09. The third kappa shape index (κ3) is 2.73. The van der Waals surface area contributed by atoms with Crippen LogP contribution in [0, 0.1) is 5.92 Å². The number of hydrogen-bond acceptors (Lipinski definition) is 2. The minimum absolute atomic E-state index is 0.301. The highest BCUT2D eigenvalue weighted by Gasteiger charge is 2.20. The molecule has 0 amide bonds. The van der Waals surface area contributed by atoms with Gasteiger partial charge in [-0.15, -0.1) is 11.3 Å². The van der Waals surface area contributed by atoms with Crippen LogP contribution in [-0.4, -0.2) is 10.3 Å². The molecule has 3 heteroatoms. The minimum atomic E-state index is 0.301. The lowest BCUT2D eigenvalue weighted by atomic mass is 9.99. The van der Waals surface area contributed by atoms with E-state index in [9.17, 15) is 0 Å². The fourth-order valence-electron chi connectivity index (χ4n) is 5.64. The predicted octanol–water partition coefficient (Wildman–Crippen LogP) is 8.69. The van der Waals surface area contributed by atoms with Crippen LogP contribution >= 0.6 is 11.3 Å². The average Bonchev–Trinajstić information content (AvgIpc) is 3.60. The van der Waals surface area contributed by atoms with Gasteiger partial charge in [-0.2, -0.15) is 0 Å². The average molecular weight is 465 g/mol. The monoisotopic (exact) mass is 464 g/mol. The standard InChI is InChI=1S/C32H20N2S/c1-4-10-25-21(7-1)19-26(33-25)20-13-15-22(16-14-20)34-27-11-5-2-8-23(27)31-28(34)17-18-30-32(31)24-9-3-6-12-29(24)35-30/h1-19,21H. The lowest BCUT2D eigenvalue weighted by Crippen LogP contribution is -2.04. The second-order valence-corrected chi connectivity index (χ2v) is 10.3. The zero-order valence-electron chi connectivity index (χ0n) is 18.8. The molecular formula is C32H20N2S. The summed E-state index contributed by atoms with van der Waals surface area (Å²) in [6.07, 6.45) is 10.7. The van der Waals surface area contributed by atoms with E-state index in [1.54, 1.807) is 0 Å². The minimum Gasteiger partial charge on any atom is -0.309 e. The molecular weight excluding hydrogens is 444 g/mol. The Morgan fingerprint density at radius 2 is 1.51 bits per heavy atom. The predicted molar refractivity (Wildman–Crippen MR) is 151 cm³/mol. The molecule has 2 nitrogen and oxygen atoms in total. The molecule has 2 aromatic heterocycles. The fraction of sp³-hybridized carbons (Fsp3) is 0.0312. The molecule has 0 N–H and O–H groups in total. The maximum Gasteiger partial charge on any atom is 0.0675 e. The Balaban J connectivity index is 1.35. The van der Waals surface area contributed by atoms with E-state index >= 15 is 0 Å². The van der Waals surface area contributed by atoms with Crippen molar-refractivity contribution < 1.29 is 0 Å². The van der Waals surface area contributed by atoms with Crippen LogP contribution in [0.15, 0.2) is 120 Å². The fourth-order valence-corrected chi connectivity index (χ4v) is 6.76. The highest BCUT2D eigenvalue weighted by molar-refractivity contribution is 7.26. The summed E-state index contributed by atoms with van der Waals surface area (Å²) >= 11 is 1.88. The normalized spacial score (nSPS) is 17.0. The van der Waals surface area contributed by atoms with Crippen molar-refractivity contribution in [3.05, 3.63) is 121 Å². The van der Waals surface area contributed by atoms with Crippen molar-refractivity contribution in [2.75, 3.05) is 0 Å². The summed E-state index contributed by atoms with van der Waals surface area (Å²) in [6.45, 7) is 0. The van der Waals surface area contributed by atoms with Gasteiger partial charge in [-0.1, -0.05) is 66.8 Å². The first-order valence-electron chi connectivity index (χ1n) is 11.9. The molecule has 1 atom stereocenters. The molecule has 0 spiro atoms. The summed E-state index contributed by atoms with van der Waals surface area (Å²) in [6, 6.07) is 31.0. The Bertz CT molecular complexity index is 1940. The van der Waals surface area contributed by atoms with Crippen LogP contribution in [0.2, 0.25) is 0 Å². The highest BCUT2D eigenvalue weighted by Crippen LogP contribution is 2.43. The molecule has 6 aromatic rings. The molecule has 0 saturated heterocycles. The van der Waals surface area contributed by atoms with Gasteiger partial charge >= 0.3 is 0 Å². The number of fused-ring (bicyclic) bond motifs is 8. The van der Waals surface area contributed by atoms with Gasteiger partial charge in [0.05, 0.1) is 22.4 Å². The van der Waals surface area contributed by atoms with Crippen molar-refractivity contribution in [1.29, 1.82) is 0 Å². The van der Waals surface area contributed by atoms with Crippen molar-refractivity contribution >= 4 is 64.7 Å². The molecule has 0 bridgehead atoms. The summed E-state index contributed by atoms with van der Waals surface area (Å²) in [5, 5.41) is 5.35. The van der Waals surface area contributed by atoms with Crippen molar-refractivity contribution in [2.45, 2.75) is 0 Å². The van der Waals surface area contributed by atoms with Crippen LogP contribution in [0.4, 0.5) is 0 Å². The van der Waals surface area contributed by atoms with Crippen LogP contribution < -0.4 is 0 Å². The number of para-hydroxylation sites is 1. The summed E-state index contributed by atoms with van der Waals surface area (Å²) in [5.41, 5.74) is 6.99. The second-order valence-electron chi connectivity index (χ2n) is 9.19. The molecule has 1 unspecified atom stereocenters. The number of aliphatic imine (C=N–C) groups is 1. The maximum atomic E-state index is 4.86. The zero-order chi connectivity index (χ0) is 22.9. The summed E-state index contributed by atoms with van der Waals surface area (Å²) in [5.74, 6) is 0.301. The van der Waals surface area contributed by atoms with E-state index in [-0.39, 0.29) is 0 Å². The molecule has 4 aromatic carbocycles. The number of nitrogens with zero attached hydrogens (tertiary/aromatic N) is 2. The smallest absolute Gasteiger partial charge is 0.0675 e. The van der Waals surface area contributed by atoms with Gasteiger partial charge in [0.15, 0.2) is 0 Å². The first-order valence-corrected chi connectivity index (χ1v) is 12.8. The van der Waals surface area contributed by atoms with Crippen molar-refractivity contribution in [2.24, 2.45) is 10.9 Å². The molecule has 35 heavy (non-hydrogen) atoms. The maximum absolute atomic E-state index is 4.86. The third-order valence-electron chi connectivity index (χ3n) is 7.22. The molecule has 3 heterocycles. The summed E-state index contributed by atoms with van der Waals surface area (Å²) in [7, 11) is 0. The number of benzene rings is 4. The number of hydrogen-bond donors (Lipinski definition) is 0. The topological polar surface area (TPSA) is 17.3 Å². The van der Waals surface area contributed by atoms with E-state index in [1.165, 1.54) is 47.7 Å². The second kappa shape index (κ2) is 7.14. The summed E-state index contributed by atoms with van der Waals surface area (Å²) in [4.78, 5) is 4.86. The van der Waals surface area contributed by atoms with Crippen LogP contribution in [0.25, 0.3) is 53.4 Å². The lowest BCUT2D eigenvalue weighted by molar-refractivity contribution is 1.16. The number of allylic oxidation sites excluding steroid dienone is 5. The number of aromatic nitrogens is 1. The van der Waals surface area contributed by atoms with E-state index in [1.807, 2.05) is 11.3 Å². The number of rotatable bonds is 2.